The largest absolute Gasteiger partial charge is 0.339 e. The Morgan fingerprint density at radius 1 is 0.963 bits per heavy atom. The van der Waals surface area contributed by atoms with E-state index in [0.717, 1.165) is 10.8 Å². The average Bonchev–Trinajstić information content (AvgIpc) is 2.67. The maximum absolute atomic E-state index is 12.5. The zero-order valence-electron chi connectivity index (χ0n) is 15.2. The first-order valence-corrected chi connectivity index (χ1v) is 10.4. The van der Waals surface area contributed by atoms with Gasteiger partial charge in [-0.3, -0.25) is 9.59 Å². The van der Waals surface area contributed by atoms with Crippen molar-refractivity contribution in [2.24, 2.45) is 0 Å². The van der Waals surface area contributed by atoms with Gasteiger partial charge in [-0.2, -0.15) is 0 Å². The zero-order valence-corrected chi connectivity index (χ0v) is 16.0. The second-order valence-corrected chi connectivity index (χ2v) is 8.31. The second kappa shape index (κ2) is 8.06. The molecule has 144 valence electrons. The van der Waals surface area contributed by atoms with Crippen LogP contribution < -0.4 is 4.72 Å². The highest BCUT2D eigenvalue weighted by atomic mass is 32.2. The summed E-state index contributed by atoms with van der Waals surface area (Å²) < 4.78 is 27.4. The van der Waals surface area contributed by atoms with Crippen LogP contribution in [0.1, 0.15) is 13.3 Å². The van der Waals surface area contributed by atoms with Gasteiger partial charge in [0.2, 0.25) is 21.8 Å². The fraction of sp³-hybridized carbons (Fsp3) is 0.368. The minimum absolute atomic E-state index is 0.00486. The Labute approximate surface area is 159 Å². The van der Waals surface area contributed by atoms with Gasteiger partial charge in [0.15, 0.2) is 0 Å². The van der Waals surface area contributed by atoms with Gasteiger partial charge in [0, 0.05) is 46.1 Å². The number of amides is 2. The van der Waals surface area contributed by atoms with Crippen LogP contribution in [0.15, 0.2) is 47.4 Å². The molecular weight excluding hydrogens is 366 g/mol. The lowest BCUT2D eigenvalue weighted by Crippen LogP contribution is -2.50. The maximum atomic E-state index is 12.5. The number of benzene rings is 2. The van der Waals surface area contributed by atoms with Gasteiger partial charge in [-0.25, -0.2) is 13.1 Å². The van der Waals surface area contributed by atoms with Gasteiger partial charge in [-0.1, -0.05) is 30.3 Å². The molecule has 0 bridgehead atoms. The van der Waals surface area contributed by atoms with E-state index in [2.05, 4.69) is 4.72 Å². The molecular formula is C19H23N3O4S. The fourth-order valence-corrected chi connectivity index (χ4v) is 4.21. The molecule has 0 atom stereocenters. The van der Waals surface area contributed by atoms with Crippen LogP contribution in [0.3, 0.4) is 0 Å². The van der Waals surface area contributed by atoms with Crippen LogP contribution in [-0.4, -0.2) is 62.8 Å². The van der Waals surface area contributed by atoms with E-state index in [-0.39, 0.29) is 29.7 Å². The monoisotopic (exact) mass is 389 g/mol. The predicted octanol–water partition coefficient (Wildman–Crippen LogP) is 1.20. The summed E-state index contributed by atoms with van der Waals surface area (Å²) in [5.74, 6) is -0.107. The highest BCUT2D eigenvalue weighted by molar-refractivity contribution is 7.89. The molecule has 0 spiro atoms. The van der Waals surface area contributed by atoms with Gasteiger partial charge >= 0.3 is 0 Å². The number of carbonyl (C=O) groups excluding carboxylic acids is 2. The minimum atomic E-state index is -3.67. The summed E-state index contributed by atoms with van der Waals surface area (Å²) in [5.41, 5.74) is 0. The Bertz CT molecular complexity index is 950. The molecule has 0 aromatic heterocycles. The summed E-state index contributed by atoms with van der Waals surface area (Å²) in [6, 6.07) is 12.5. The number of carbonyl (C=O) groups is 2. The second-order valence-electron chi connectivity index (χ2n) is 6.54. The molecule has 1 aliphatic heterocycles. The standard InChI is InChI=1S/C19H23N3O4S/c1-15(23)21-10-12-22(13-11-21)19(24)8-9-20-27(25,26)18-7-6-16-4-2-3-5-17(16)14-18/h2-7,14,20H,8-13H2,1H3. The van der Waals surface area contributed by atoms with Gasteiger partial charge in [0.1, 0.15) is 0 Å². The van der Waals surface area contributed by atoms with E-state index < -0.39 is 10.0 Å². The van der Waals surface area contributed by atoms with Crippen molar-refractivity contribution in [3.8, 4) is 0 Å². The molecule has 8 heteroatoms. The molecule has 1 heterocycles. The van der Waals surface area contributed by atoms with Crippen molar-refractivity contribution < 1.29 is 18.0 Å². The number of rotatable bonds is 5. The Morgan fingerprint density at radius 3 is 2.26 bits per heavy atom. The average molecular weight is 389 g/mol. The Morgan fingerprint density at radius 2 is 1.59 bits per heavy atom. The smallest absolute Gasteiger partial charge is 0.240 e. The number of nitrogens with one attached hydrogen (secondary N) is 1. The van der Waals surface area contributed by atoms with Crippen molar-refractivity contribution in [3.05, 3.63) is 42.5 Å². The van der Waals surface area contributed by atoms with E-state index in [1.165, 1.54) is 6.92 Å². The van der Waals surface area contributed by atoms with E-state index in [4.69, 9.17) is 0 Å². The van der Waals surface area contributed by atoms with Gasteiger partial charge in [-0.15, -0.1) is 0 Å². The first-order valence-electron chi connectivity index (χ1n) is 8.88. The minimum Gasteiger partial charge on any atom is -0.339 e. The van der Waals surface area contributed by atoms with Crippen LogP contribution in [0.5, 0.6) is 0 Å². The van der Waals surface area contributed by atoms with Crippen molar-refractivity contribution >= 4 is 32.6 Å². The molecule has 3 rings (SSSR count). The third-order valence-electron chi connectivity index (χ3n) is 4.74. The highest BCUT2D eigenvalue weighted by Gasteiger charge is 2.22. The van der Waals surface area contributed by atoms with E-state index in [1.54, 1.807) is 28.0 Å². The van der Waals surface area contributed by atoms with Gasteiger partial charge in [0.25, 0.3) is 0 Å². The van der Waals surface area contributed by atoms with E-state index >= 15 is 0 Å². The number of sulfonamides is 1. The molecule has 2 amide bonds. The SMILES string of the molecule is CC(=O)N1CCN(C(=O)CCNS(=O)(=O)c2ccc3ccccc3c2)CC1. The molecule has 1 saturated heterocycles. The number of hydrogen-bond acceptors (Lipinski definition) is 4. The Balaban J connectivity index is 1.54. The third kappa shape index (κ3) is 4.64. The quantitative estimate of drug-likeness (QED) is 0.832. The topological polar surface area (TPSA) is 86.8 Å². The molecule has 1 aliphatic rings. The van der Waals surface area contributed by atoms with Crippen LogP contribution in [0.4, 0.5) is 0 Å². The first-order chi connectivity index (χ1) is 12.9. The fourth-order valence-electron chi connectivity index (χ4n) is 3.14. The number of fused-ring (bicyclic) bond motifs is 1. The molecule has 0 unspecified atom stereocenters. The molecule has 7 nitrogen and oxygen atoms in total. The molecule has 0 radical (unpaired) electrons. The van der Waals surface area contributed by atoms with Crippen molar-refractivity contribution in [2.75, 3.05) is 32.7 Å². The summed E-state index contributed by atoms with van der Waals surface area (Å²) in [7, 11) is -3.67. The summed E-state index contributed by atoms with van der Waals surface area (Å²) in [4.78, 5) is 27.1. The van der Waals surface area contributed by atoms with Crippen LogP contribution in [0.2, 0.25) is 0 Å². The lowest BCUT2D eigenvalue weighted by atomic mass is 10.1. The molecule has 0 aliphatic carbocycles. The zero-order chi connectivity index (χ0) is 19.4. The Kier molecular flexibility index (Phi) is 5.76. The molecule has 27 heavy (non-hydrogen) atoms. The van der Waals surface area contributed by atoms with Gasteiger partial charge in [0.05, 0.1) is 4.90 Å². The maximum Gasteiger partial charge on any atom is 0.240 e. The summed E-state index contributed by atoms with van der Waals surface area (Å²) in [5, 5.41) is 1.82. The molecule has 2 aromatic carbocycles. The first kappa shape index (κ1) is 19.3. The van der Waals surface area contributed by atoms with Crippen LogP contribution in [-0.2, 0) is 19.6 Å². The van der Waals surface area contributed by atoms with Crippen LogP contribution in [0, 0.1) is 0 Å². The predicted molar refractivity (Wildman–Crippen MR) is 103 cm³/mol. The highest BCUT2D eigenvalue weighted by Crippen LogP contribution is 2.18. The van der Waals surface area contributed by atoms with Crippen molar-refractivity contribution in [1.29, 1.82) is 0 Å². The van der Waals surface area contributed by atoms with Crippen molar-refractivity contribution in [3.63, 3.8) is 0 Å². The summed E-state index contributed by atoms with van der Waals surface area (Å²) in [6.45, 7) is 3.55. The normalized spacial score (nSPS) is 15.1. The van der Waals surface area contributed by atoms with E-state index in [1.807, 2.05) is 24.3 Å². The van der Waals surface area contributed by atoms with Crippen LogP contribution >= 0.6 is 0 Å². The lowest BCUT2D eigenvalue weighted by Gasteiger charge is -2.34. The van der Waals surface area contributed by atoms with Crippen LogP contribution in [0.25, 0.3) is 10.8 Å². The van der Waals surface area contributed by atoms with Gasteiger partial charge < -0.3 is 9.80 Å². The molecule has 1 N–H and O–H groups in total. The number of hydrogen-bond donors (Lipinski definition) is 1. The summed E-state index contributed by atoms with van der Waals surface area (Å²) >= 11 is 0. The Hall–Kier alpha value is -2.45. The van der Waals surface area contributed by atoms with Gasteiger partial charge in [-0.05, 0) is 22.9 Å². The summed E-state index contributed by atoms with van der Waals surface area (Å²) in [6.07, 6.45) is 0.0902. The third-order valence-corrected chi connectivity index (χ3v) is 6.20. The molecule has 2 aromatic rings. The number of nitrogens with zero attached hydrogens (tertiary/aromatic N) is 2. The van der Waals surface area contributed by atoms with E-state index in [0.29, 0.717) is 26.2 Å². The lowest BCUT2D eigenvalue weighted by molar-refractivity contribution is -0.138. The molecule has 0 saturated carbocycles. The van der Waals surface area contributed by atoms with E-state index in [9.17, 15) is 18.0 Å². The number of piperazine rings is 1. The molecule has 1 fully saturated rings. The van der Waals surface area contributed by atoms with Crippen molar-refractivity contribution in [2.45, 2.75) is 18.2 Å². The van der Waals surface area contributed by atoms with Crippen molar-refractivity contribution in [1.82, 2.24) is 14.5 Å².